The molecule has 0 aliphatic heterocycles. The van der Waals surface area contributed by atoms with Gasteiger partial charge in [0.25, 0.3) is 0 Å². The van der Waals surface area contributed by atoms with Gasteiger partial charge in [0.1, 0.15) is 0 Å². The van der Waals surface area contributed by atoms with Crippen molar-refractivity contribution >= 4 is 0 Å². The molecule has 0 aromatic carbocycles. The van der Waals surface area contributed by atoms with E-state index in [4.69, 9.17) is 0 Å². The van der Waals surface area contributed by atoms with Crippen LogP contribution in [0.2, 0.25) is 0 Å². The third kappa shape index (κ3) is 25.3. The van der Waals surface area contributed by atoms with E-state index < -0.39 is 0 Å². The summed E-state index contributed by atoms with van der Waals surface area (Å²) in [5.74, 6) is 0. The van der Waals surface area contributed by atoms with Gasteiger partial charge in [-0.2, -0.15) is 0 Å². The zero-order valence-corrected chi connectivity index (χ0v) is 11.4. The van der Waals surface area contributed by atoms with Crippen molar-refractivity contribution in [2.45, 2.75) is 0 Å². The minimum atomic E-state index is 0. The molecular formula is CoCrFeNbNiZr. The molecule has 0 N–H and O–H groups in total. The molecule has 0 aromatic heterocycles. The van der Waals surface area contributed by atoms with Crippen molar-refractivity contribution in [2.75, 3.05) is 0 Å². The molecule has 6 heteroatoms. The maximum atomic E-state index is 0. The van der Waals surface area contributed by atoms with E-state index in [0.717, 1.165) is 0 Å². The summed E-state index contributed by atoms with van der Waals surface area (Å²) >= 11 is 0. The monoisotopic (exact) mass is 408 g/mol. The Morgan fingerprint density at radius 2 is 1.00 bits per heavy atom. The van der Waals surface area contributed by atoms with Crippen LogP contribution in [0, 0.1) is 0 Å². The van der Waals surface area contributed by atoms with Gasteiger partial charge in [0, 0.05) is 116 Å². The maximum Gasteiger partial charge on any atom is 0 e. The van der Waals surface area contributed by atoms with Gasteiger partial charge in [-0.1, -0.05) is 0 Å². The summed E-state index contributed by atoms with van der Waals surface area (Å²) in [5.41, 5.74) is 0. The summed E-state index contributed by atoms with van der Waals surface area (Å²) in [5, 5.41) is 0. The molecule has 2 radical (unpaired) electrons. The minimum absolute atomic E-state index is 0. The van der Waals surface area contributed by atoms with Crippen LogP contribution in [0.3, 0.4) is 0 Å². The van der Waals surface area contributed by atoms with Gasteiger partial charge in [-0.15, -0.1) is 0 Å². The molecule has 6 heavy (non-hydrogen) atoms. The molecule has 0 aliphatic carbocycles. The summed E-state index contributed by atoms with van der Waals surface area (Å²) in [6.45, 7) is 0. The molecule has 0 nitrogen and oxygen atoms in total. The summed E-state index contributed by atoms with van der Waals surface area (Å²) in [6.07, 6.45) is 0. The molecule has 0 bridgehead atoms. The Balaban J connectivity index is 0. The average Bonchev–Trinajstić information content (AvgIpc) is 0. The first-order valence-corrected chi connectivity index (χ1v) is 0. The van der Waals surface area contributed by atoms with E-state index in [1.807, 2.05) is 0 Å². The van der Waals surface area contributed by atoms with E-state index in [9.17, 15) is 0 Å². The van der Waals surface area contributed by atoms with Gasteiger partial charge in [-0.3, -0.25) is 0 Å². The minimum Gasteiger partial charge on any atom is 0 e. The van der Waals surface area contributed by atoms with Crippen molar-refractivity contribution in [1.29, 1.82) is 0 Å². The SMILES string of the molecule is [Co].[Cr].[Fe].[Nb].[Ni].[Zr]. The quantitative estimate of drug-likeness (QED) is 0.494. The zero-order chi connectivity index (χ0) is 0. The second kappa shape index (κ2) is 37.8. The molecule has 0 unspecified atom stereocenters. The molecule has 0 saturated heterocycles. The van der Waals surface area contributed by atoms with Crippen LogP contribution >= 0.6 is 0 Å². The van der Waals surface area contributed by atoms with Gasteiger partial charge < -0.3 is 0 Å². The van der Waals surface area contributed by atoms with Crippen LogP contribution < -0.4 is 0 Å². The first-order valence-electron chi connectivity index (χ1n) is 0. The first-order chi connectivity index (χ1) is 0. The van der Waals surface area contributed by atoms with Crippen LogP contribution in [0.1, 0.15) is 0 Å². The van der Waals surface area contributed by atoms with Gasteiger partial charge >= 0.3 is 0 Å². The maximum absolute atomic E-state index is 0. The predicted octanol–water partition coefficient (Wildman–Crippen LogP) is -0.0150. The molecule has 0 aromatic rings. The van der Waals surface area contributed by atoms with E-state index in [1.165, 1.54) is 0 Å². The van der Waals surface area contributed by atoms with Crippen LogP contribution in [0.5, 0.6) is 0 Å². The molecular weight excluding hydrogens is 410 g/mol. The second-order valence-corrected chi connectivity index (χ2v) is 0. The topological polar surface area (TPSA) is 0 Å². The molecule has 0 amide bonds. The van der Waals surface area contributed by atoms with Crippen molar-refractivity contribution in [1.82, 2.24) is 0 Å². The second-order valence-electron chi connectivity index (χ2n) is 0. The van der Waals surface area contributed by atoms with Gasteiger partial charge in [0.05, 0.1) is 0 Å². The van der Waals surface area contributed by atoms with E-state index >= 15 is 0 Å². The van der Waals surface area contributed by atoms with Crippen molar-refractivity contribution in [3.05, 3.63) is 0 Å². The van der Waals surface area contributed by atoms with Crippen LogP contribution in [-0.2, 0) is 116 Å². The van der Waals surface area contributed by atoms with Crippen molar-refractivity contribution in [3.8, 4) is 0 Å². The molecule has 0 heterocycles. The Morgan fingerprint density at radius 3 is 1.00 bits per heavy atom. The van der Waals surface area contributed by atoms with E-state index in [2.05, 4.69) is 0 Å². The van der Waals surface area contributed by atoms with Crippen LogP contribution in [0.4, 0.5) is 0 Å². The Kier molecular flexibility index (Phi) is 340. The van der Waals surface area contributed by atoms with Gasteiger partial charge in [-0.25, -0.2) is 0 Å². The summed E-state index contributed by atoms with van der Waals surface area (Å²) < 4.78 is 0. The van der Waals surface area contributed by atoms with E-state index in [-0.39, 0.29) is 116 Å². The first kappa shape index (κ1) is 53.9. The third-order valence-corrected chi connectivity index (χ3v) is 0. The fraction of sp³-hybridized carbons (Fsp3) is 0. The standard InChI is InChI=1S/Co.Cr.Fe.Nb.Ni.Zr. The molecule has 0 aliphatic rings. The molecule has 0 saturated carbocycles. The fourth-order valence-corrected chi connectivity index (χ4v) is 0. The summed E-state index contributed by atoms with van der Waals surface area (Å²) in [6, 6.07) is 0. The van der Waals surface area contributed by atoms with Crippen molar-refractivity contribution < 1.29 is 116 Å². The largest absolute Gasteiger partial charge is 0 e. The molecule has 0 atom stereocenters. The fourth-order valence-electron chi connectivity index (χ4n) is 0. The Hall–Kier alpha value is 3.68. The summed E-state index contributed by atoms with van der Waals surface area (Å²) in [7, 11) is 0. The van der Waals surface area contributed by atoms with Gasteiger partial charge in [0.15, 0.2) is 0 Å². The van der Waals surface area contributed by atoms with Crippen LogP contribution in [-0.4, -0.2) is 0 Å². The Labute approximate surface area is 114 Å². The predicted molar refractivity (Wildman–Crippen MR) is 0 cm³/mol. The third-order valence-electron chi connectivity index (χ3n) is 0. The normalized spacial score (nSPS) is 0. The Morgan fingerprint density at radius 1 is 1.00 bits per heavy atom. The average molecular weight is 410 g/mol. The Bertz CT molecular complexity index is 15.5. The summed E-state index contributed by atoms with van der Waals surface area (Å²) in [4.78, 5) is 0. The van der Waals surface area contributed by atoms with Gasteiger partial charge in [-0.05, 0) is 0 Å². The van der Waals surface area contributed by atoms with Crippen molar-refractivity contribution in [2.24, 2.45) is 0 Å². The number of hydrogen-bond donors (Lipinski definition) is 0. The van der Waals surface area contributed by atoms with Crippen LogP contribution in [0.25, 0.3) is 0 Å². The molecule has 0 fully saturated rings. The number of hydrogen-bond acceptors (Lipinski definition) is 0. The zero-order valence-electron chi connectivity index (χ0n) is 2.36. The molecule has 0 rings (SSSR count). The number of rotatable bonds is 0. The molecule has 0 spiro atoms. The van der Waals surface area contributed by atoms with E-state index in [0.29, 0.717) is 0 Å². The van der Waals surface area contributed by atoms with Crippen molar-refractivity contribution in [3.63, 3.8) is 0 Å². The molecule has 42 valence electrons. The van der Waals surface area contributed by atoms with E-state index in [1.54, 1.807) is 0 Å². The van der Waals surface area contributed by atoms with Crippen LogP contribution in [0.15, 0.2) is 0 Å². The van der Waals surface area contributed by atoms with Gasteiger partial charge in [0.2, 0.25) is 0 Å². The smallest absolute Gasteiger partial charge is 0 e.